The van der Waals surface area contributed by atoms with Gasteiger partial charge in [0.2, 0.25) is 0 Å². The van der Waals surface area contributed by atoms with Gasteiger partial charge in [-0.1, -0.05) is 24.3 Å². The summed E-state index contributed by atoms with van der Waals surface area (Å²) in [5, 5.41) is 18.9. The number of hydrogen-bond donors (Lipinski definition) is 2. The van der Waals surface area contributed by atoms with E-state index in [-0.39, 0.29) is 29.5 Å². The van der Waals surface area contributed by atoms with E-state index >= 15 is 0 Å². The Hall–Kier alpha value is -3.14. The number of aryl methyl sites for hydroxylation is 2. The molecule has 0 aliphatic heterocycles. The Morgan fingerprint density at radius 3 is 1.56 bits per heavy atom. The molecular formula is C21H20O4. The molecule has 0 amide bonds. The highest BCUT2D eigenvalue weighted by Crippen LogP contribution is 2.18. The Morgan fingerprint density at radius 2 is 1.20 bits per heavy atom. The fraction of sp³-hybridized carbons (Fsp3) is 0.143. The van der Waals surface area contributed by atoms with Crippen molar-refractivity contribution in [2.24, 2.45) is 0 Å². The van der Waals surface area contributed by atoms with Crippen LogP contribution in [0.2, 0.25) is 0 Å². The molecule has 0 atom stereocenters. The predicted octanol–water partition coefficient (Wildman–Crippen LogP) is 3.97. The summed E-state index contributed by atoms with van der Waals surface area (Å²) in [6, 6.07) is 10.0. The molecular weight excluding hydrogens is 316 g/mol. The summed E-state index contributed by atoms with van der Waals surface area (Å²) in [5.41, 5.74) is 3.01. The van der Waals surface area contributed by atoms with E-state index in [1.54, 1.807) is 62.4 Å². The lowest BCUT2D eigenvalue weighted by atomic mass is 10.1. The molecule has 0 heterocycles. The van der Waals surface area contributed by atoms with Gasteiger partial charge >= 0.3 is 0 Å². The molecule has 4 heteroatoms. The number of phenols is 2. The Balaban J connectivity index is 1.94. The molecule has 0 aromatic heterocycles. The van der Waals surface area contributed by atoms with Crippen LogP contribution in [0.3, 0.4) is 0 Å². The number of carbonyl (C=O) groups is 2. The zero-order chi connectivity index (χ0) is 18.4. The third-order valence-corrected chi connectivity index (χ3v) is 3.71. The van der Waals surface area contributed by atoms with Crippen LogP contribution in [-0.2, 0) is 9.59 Å². The first-order valence-corrected chi connectivity index (χ1v) is 7.86. The molecule has 128 valence electrons. The summed E-state index contributed by atoms with van der Waals surface area (Å²) in [6.45, 7) is 3.54. The van der Waals surface area contributed by atoms with E-state index in [1.165, 1.54) is 12.2 Å². The Morgan fingerprint density at radius 1 is 0.800 bits per heavy atom. The first-order chi connectivity index (χ1) is 11.8. The number of rotatable bonds is 6. The van der Waals surface area contributed by atoms with Crippen molar-refractivity contribution >= 4 is 23.7 Å². The van der Waals surface area contributed by atoms with E-state index in [0.717, 1.165) is 22.3 Å². The third-order valence-electron chi connectivity index (χ3n) is 3.71. The van der Waals surface area contributed by atoms with Crippen LogP contribution in [0.4, 0.5) is 0 Å². The van der Waals surface area contributed by atoms with Gasteiger partial charge in [0.15, 0.2) is 11.6 Å². The topological polar surface area (TPSA) is 74.6 Å². The lowest BCUT2D eigenvalue weighted by molar-refractivity contribution is -0.121. The van der Waals surface area contributed by atoms with Crippen molar-refractivity contribution < 1.29 is 19.8 Å². The molecule has 0 bridgehead atoms. The standard InChI is InChI=1S/C21H20O4/c1-14-11-16(5-9-20(14)24)3-7-18(22)13-19(23)8-4-17-6-10-21(25)15(2)12-17/h3-12,24-25H,13H2,1-2H3. The second-order valence-corrected chi connectivity index (χ2v) is 5.87. The van der Waals surface area contributed by atoms with E-state index < -0.39 is 0 Å². The van der Waals surface area contributed by atoms with E-state index in [2.05, 4.69) is 0 Å². The SMILES string of the molecule is Cc1cc(C=CC(=O)CC(=O)C=Cc2ccc(O)c(C)c2)ccc1O. The van der Waals surface area contributed by atoms with Gasteiger partial charge in [0.05, 0.1) is 6.42 Å². The maximum atomic E-state index is 11.9. The van der Waals surface area contributed by atoms with Crippen LogP contribution in [-0.4, -0.2) is 21.8 Å². The minimum atomic E-state index is -0.290. The van der Waals surface area contributed by atoms with Crippen molar-refractivity contribution in [1.82, 2.24) is 0 Å². The number of carbonyl (C=O) groups excluding carboxylic acids is 2. The first kappa shape index (κ1) is 18.2. The van der Waals surface area contributed by atoms with Crippen LogP contribution >= 0.6 is 0 Å². The summed E-state index contributed by atoms with van der Waals surface area (Å²) < 4.78 is 0. The lowest BCUT2D eigenvalue weighted by Crippen LogP contribution is -2.01. The van der Waals surface area contributed by atoms with Crippen LogP contribution in [0.1, 0.15) is 28.7 Å². The Labute approximate surface area is 146 Å². The van der Waals surface area contributed by atoms with E-state index in [0.29, 0.717) is 0 Å². The average molecular weight is 336 g/mol. The zero-order valence-corrected chi connectivity index (χ0v) is 14.2. The zero-order valence-electron chi connectivity index (χ0n) is 14.2. The quantitative estimate of drug-likeness (QED) is 0.618. The molecule has 0 radical (unpaired) electrons. The summed E-state index contributed by atoms with van der Waals surface area (Å²) in [4.78, 5) is 23.7. The largest absolute Gasteiger partial charge is 0.508 e. The number of allylic oxidation sites excluding steroid dienone is 2. The maximum absolute atomic E-state index is 11.9. The molecule has 2 N–H and O–H groups in total. The lowest BCUT2D eigenvalue weighted by Gasteiger charge is -2.00. The molecule has 0 fully saturated rings. The van der Waals surface area contributed by atoms with Gasteiger partial charge in [0, 0.05) is 0 Å². The highest BCUT2D eigenvalue weighted by molar-refractivity contribution is 6.10. The molecule has 2 rings (SSSR count). The molecule has 0 aliphatic carbocycles. The second-order valence-electron chi connectivity index (χ2n) is 5.87. The van der Waals surface area contributed by atoms with E-state index in [1.807, 2.05) is 0 Å². The molecule has 0 spiro atoms. The Kier molecular flexibility index (Phi) is 5.90. The molecule has 0 saturated carbocycles. The molecule has 0 saturated heterocycles. The molecule has 25 heavy (non-hydrogen) atoms. The van der Waals surface area contributed by atoms with Crippen molar-refractivity contribution in [2.75, 3.05) is 0 Å². The number of hydrogen-bond acceptors (Lipinski definition) is 4. The highest BCUT2D eigenvalue weighted by atomic mass is 16.3. The van der Waals surface area contributed by atoms with Crippen molar-refractivity contribution in [1.29, 1.82) is 0 Å². The molecule has 0 unspecified atom stereocenters. The van der Waals surface area contributed by atoms with Crippen LogP contribution < -0.4 is 0 Å². The number of aromatic hydroxyl groups is 2. The monoisotopic (exact) mass is 336 g/mol. The van der Waals surface area contributed by atoms with E-state index in [9.17, 15) is 19.8 Å². The highest BCUT2D eigenvalue weighted by Gasteiger charge is 2.04. The predicted molar refractivity (Wildman–Crippen MR) is 98.4 cm³/mol. The number of ketones is 2. The van der Waals surface area contributed by atoms with Gasteiger partial charge in [-0.3, -0.25) is 9.59 Å². The minimum absolute atomic E-state index is 0.202. The normalized spacial score (nSPS) is 11.3. The van der Waals surface area contributed by atoms with Crippen LogP contribution in [0.15, 0.2) is 48.6 Å². The molecule has 4 nitrogen and oxygen atoms in total. The van der Waals surface area contributed by atoms with E-state index in [4.69, 9.17) is 0 Å². The minimum Gasteiger partial charge on any atom is -0.508 e. The van der Waals surface area contributed by atoms with Gasteiger partial charge in [-0.25, -0.2) is 0 Å². The van der Waals surface area contributed by atoms with Crippen molar-refractivity contribution in [3.63, 3.8) is 0 Å². The summed E-state index contributed by atoms with van der Waals surface area (Å²) >= 11 is 0. The third kappa shape index (κ3) is 5.46. The average Bonchev–Trinajstić information content (AvgIpc) is 2.57. The van der Waals surface area contributed by atoms with Gasteiger partial charge in [0.1, 0.15) is 11.5 Å². The molecule has 2 aromatic carbocycles. The van der Waals surface area contributed by atoms with Gasteiger partial charge in [-0.05, 0) is 72.5 Å². The van der Waals surface area contributed by atoms with Crippen molar-refractivity contribution in [2.45, 2.75) is 20.3 Å². The summed E-state index contributed by atoms with van der Waals surface area (Å²) in [6.07, 6.45) is 5.76. The maximum Gasteiger partial charge on any atom is 0.163 e. The summed E-state index contributed by atoms with van der Waals surface area (Å²) in [7, 11) is 0. The van der Waals surface area contributed by atoms with Gasteiger partial charge < -0.3 is 10.2 Å². The number of phenolic OH excluding ortho intramolecular Hbond substituents is 2. The van der Waals surface area contributed by atoms with Crippen LogP contribution in [0.5, 0.6) is 11.5 Å². The smallest absolute Gasteiger partial charge is 0.163 e. The molecule has 2 aromatic rings. The van der Waals surface area contributed by atoms with Gasteiger partial charge in [0.25, 0.3) is 0 Å². The van der Waals surface area contributed by atoms with Crippen molar-refractivity contribution in [3.05, 3.63) is 70.8 Å². The van der Waals surface area contributed by atoms with Gasteiger partial charge in [-0.15, -0.1) is 0 Å². The Bertz CT molecular complexity index is 789. The first-order valence-electron chi connectivity index (χ1n) is 7.86. The van der Waals surface area contributed by atoms with Crippen LogP contribution in [0.25, 0.3) is 12.2 Å². The molecule has 0 aliphatic rings. The second kappa shape index (κ2) is 8.11. The fourth-order valence-electron chi connectivity index (χ4n) is 2.23. The summed E-state index contributed by atoms with van der Waals surface area (Å²) in [5.74, 6) is -0.175. The number of benzene rings is 2. The van der Waals surface area contributed by atoms with Crippen molar-refractivity contribution in [3.8, 4) is 11.5 Å². The van der Waals surface area contributed by atoms with Gasteiger partial charge in [-0.2, -0.15) is 0 Å². The van der Waals surface area contributed by atoms with Crippen LogP contribution in [0, 0.1) is 13.8 Å². The fourth-order valence-corrected chi connectivity index (χ4v) is 2.23.